The molecule has 0 saturated carbocycles. The molecule has 5 heteroatoms. The summed E-state index contributed by atoms with van der Waals surface area (Å²) in [6.45, 7) is 2.68. The second kappa shape index (κ2) is 8.17. The van der Waals surface area contributed by atoms with E-state index in [0.29, 0.717) is 13.0 Å². The zero-order chi connectivity index (χ0) is 14.3. The second-order valence-electron chi connectivity index (χ2n) is 4.70. The van der Waals surface area contributed by atoms with E-state index in [0.717, 1.165) is 16.5 Å². The standard InChI is InChI=1S/C14H21BrN2O2/c1-11(4-3-9-18)16-14(19)17(2)10-12-5-7-13(15)8-6-12/h5-8,11,18H,3-4,9-10H2,1-2H3,(H,16,19). The summed E-state index contributed by atoms with van der Waals surface area (Å²) in [6.07, 6.45) is 1.49. The average Bonchev–Trinajstić information content (AvgIpc) is 2.39. The minimum atomic E-state index is -0.0895. The molecule has 0 saturated heterocycles. The Labute approximate surface area is 122 Å². The van der Waals surface area contributed by atoms with Crippen LogP contribution in [0.2, 0.25) is 0 Å². The van der Waals surface area contributed by atoms with Gasteiger partial charge in [-0.25, -0.2) is 4.79 Å². The first-order valence-electron chi connectivity index (χ1n) is 6.40. The molecule has 2 N–H and O–H groups in total. The molecule has 1 unspecified atom stereocenters. The number of carbonyl (C=O) groups excluding carboxylic acids is 1. The van der Waals surface area contributed by atoms with Crippen LogP contribution in [0.1, 0.15) is 25.3 Å². The SMILES string of the molecule is CC(CCCO)NC(=O)N(C)Cc1ccc(Br)cc1. The van der Waals surface area contributed by atoms with E-state index in [9.17, 15) is 4.79 Å². The molecule has 1 aromatic carbocycles. The number of hydrogen-bond acceptors (Lipinski definition) is 2. The van der Waals surface area contributed by atoms with E-state index >= 15 is 0 Å². The second-order valence-corrected chi connectivity index (χ2v) is 5.61. The lowest BCUT2D eigenvalue weighted by atomic mass is 10.2. The van der Waals surface area contributed by atoms with Gasteiger partial charge in [0.15, 0.2) is 0 Å². The molecule has 1 aromatic rings. The van der Waals surface area contributed by atoms with Crippen molar-refractivity contribution in [2.45, 2.75) is 32.4 Å². The lowest BCUT2D eigenvalue weighted by Crippen LogP contribution is -2.41. The van der Waals surface area contributed by atoms with Gasteiger partial charge in [0, 0.05) is 30.7 Å². The van der Waals surface area contributed by atoms with Crippen LogP contribution in [-0.4, -0.2) is 35.7 Å². The zero-order valence-corrected chi connectivity index (χ0v) is 13.0. The highest BCUT2D eigenvalue weighted by Crippen LogP contribution is 2.11. The van der Waals surface area contributed by atoms with Gasteiger partial charge >= 0.3 is 6.03 Å². The Balaban J connectivity index is 2.42. The molecule has 0 radical (unpaired) electrons. The van der Waals surface area contributed by atoms with Crippen molar-refractivity contribution in [1.29, 1.82) is 0 Å². The highest BCUT2D eigenvalue weighted by molar-refractivity contribution is 9.10. The summed E-state index contributed by atoms with van der Waals surface area (Å²) in [5.74, 6) is 0. The first kappa shape index (κ1) is 16.0. The number of nitrogens with one attached hydrogen (secondary N) is 1. The minimum Gasteiger partial charge on any atom is -0.396 e. The van der Waals surface area contributed by atoms with Crippen LogP contribution < -0.4 is 5.32 Å². The summed E-state index contributed by atoms with van der Waals surface area (Å²) in [5, 5.41) is 11.7. The largest absolute Gasteiger partial charge is 0.396 e. The van der Waals surface area contributed by atoms with Gasteiger partial charge < -0.3 is 15.3 Å². The predicted octanol–water partition coefficient (Wildman–Crippen LogP) is 2.75. The molecule has 4 nitrogen and oxygen atoms in total. The smallest absolute Gasteiger partial charge is 0.317 e. The molecule has 1 atom stereocenters. The predicted molar refractivity (Wildman–Crippen MR) is 79.9 cm³/mol. The van der Waals surface area contributed by atoms with Gasteiger partial charge in [0.25, 0.3) is 0 Å². The molecule has 106 valence electrons. The summed E-state index contributed by atoms with van der Waals surface area (Å²) >= 11 is 3.38. The van der Waals surface area contributed by atoms with Gasteiger partial charge in [-0.05, 0) is 37.5 Å². The third-order valence-electron chi connectivity index (χ3n) is 2.84. The Kier molecular flexibility index (Phi) is 6.87. The minimum absolute atomic E-state index is 0.0759. The monoisotopic (exact) mass is 328 g/mol. The van der Waals surface area contributed by atoms with Crippen LogP contribution in [0.15, 0.2) is 28.7 Å². The lowest BCUT2D eigenvalue weighted by Gasteiger charge is -2.21. The third-order valence-corrected chi connectivity index (χ3v) is 3.37. The summed E-state index contributed by atoms with van der Waals surface area (Å²) < 4.78 is 1.03. The first-order valence-corrected chi connectivity index (χ1v) is 7.19. The first-order chi connectivity index (χ1) is 9.02. The average molecular weight is 329 g/mol. The fourth-order valence-electron chi connectivity index (χ4n) is 1.73. The van der Waals surface area contributed by atoms with Gasteiger partial charge in [0.2, 0.25) is 0 Å². The fraction of sp³-hybridized carbons (Fsp3) is 0.500. The van der Waals surface area contributed by atoms with Crippen LogP contribution in [0, 0.1) is 0 Å². The fourth-order valence-corrected chi connectivity index (χ4v) is 1.99. The third kappa shape index (κ3) is 6.07. The van der Waals surface area contributed by atoms with Crippen molar-refractivity contribution in [2.24, 2.45) is 0 Å². The van der Waals surface area contributed by atoms with Gasteiger partial charge in [-0.3, -0.25) is 0 Å². The molecule has 0 aliphatic rings. The molecule has 0 aliphatic carbocycles. The summed E-state index contributed by atoms with van der Waals surface area (Å²) in [5.41, 5.74) is 1.09. The number of benzene rings is 1. The van der Waals surface area contributed by atoms with Gasteiger partial charge in [-0.15, -0.1) is 0 Å². The van der Waals surface area contributed by atoms with E-state index in [-0.39, 0.29) is 18.7 Å². The summed E-state index contributed by atoms with van der Waals surface area (Å²) in [4.78, 5) is 13.6. The summed E-state index contributed by atoms with van der Waals surface area (Å²) in [7, 11) is 1.77. The number of aliphatic hydroxyl groups excluding tert-OH is 1. The Bertz CT molecular complexity index is 395. The molecule has 1 rings (SSSR count). The number of nitrogens with zero attached hydrogens (tertiary/aromatic N) is 1. The van der Waals surface area contributed by atoms with Crippen molar-refractivity contribution < 1.29 is 9.90 Å². The number of urea groups is 1. The molecule has 19 heavy (non-hydrogen) atoms. The Morgan fingerprint density at radius 3 is 2.63 bits per heavy atom. The van der Waals surface area contributed by atoms with E-state index in [2.05, 4.69) is 21.2 Å². The maximum absolute atomic E-state index is 11.9. The molecule has 0 heterocycles. The van der Waals surface area contributed by atoms with Crippen LogP contribution in [0.5, 0.6) is 0 Å². The number of halogens is 1. The van der Waals surface area contributed by atoms with Crippen molar-refractivity contribution in [3.05, 3.63) is 34.3 Å². The van der Waals surface area contributed by atoms with Crippen molar-refractivity contribution in [3.63, 3.8) is 0 Å². The van der Waals surface area contributed by atoms with Gasteiger partial charge in [-0.2, -0.15) is 0 Å². The highest BCUT2D eigenvalue weighted by atomic mass is 79.9. The highest BCUT2D eigenvalue weighted by Gasteiger charge is 2.11. The zero-order valence-electron chi connectivity index (χ0n) is 11.4. The molecular formula is C14H21BrN2O2. The number of amides is 2. The van der Waals surface area contributed by atoms with Crippen molar-refractivity contribution in [2.75, 3.05) is 13.7 Å². The van der Waals surface area contributed by atoms with E-state index in [4.69, 9.17) is 5.11 Å². The molecule has 0 bridgehead atoms. The molecule has 0 aliphatic heterocycles. The summed E-state index contributed by atoms with van der Waals surface area (Å²) in [6, 6.07) is 7.89. The van der Waals surface area contributed by atoms with Crippen LogP contribution >= 0.6 is 15.9 Å². The number of hydrogen-bond donors (Lipinski definition) is 2. The number of rotatable bonds is 6. The van der Waals surface area contributed by atoms with Crippen molar-refractivity contribution in [3.8, 4) is 0 Å². The molecule has 0 aromatic heterocycles. The van der Waals surface area contributed by atoms with E-state index in [1.54, 1.807) is 11.9 Å². The van der Waals surface area contributed by atoms with Crippen LogP contribution in [0.25, 0.3) is 0 Å². The van der Waals surface area contributed by atoms with Crippen molar-refractivity contribution in [1.82, 2.24) is 10.2 Å². The normalized spacial score (nSPS) is 12.0. The van der Waals surface area contributed by atoms with Gasteiger partial charge in [0.05, 0.1) is 0 Å². The van der Waals surface area contributed by atoms with Gasteiger partial charge in [0.1, 0.15) is 0 Å². The molecule has 0 fully saturated rings. The van der Waals surface area contributed by atoms with Crippen molar-refractivity contribution >= 4 is 22.0 Å². The molecule has 0 spiro atoms. The van der Waals surface area contributed by atoms with E-state index in [1.807, 2.05) is 31.2 Å². The van der Waals surface area contributed by atoms with Crippen LogP contribution in [0.4, 0.5) is 4.79 Å². The van der Waals surface area contributed by atoms with E-state index in [1.165, 1.54) is 0 Å². The Morgan fingerprint density at radius 2 is 2.05 bits per heavy atom. The number of carbonyl (C=O) groups is 1. The Morgan fingerprint density at radius 1 is 1.42 bits per heavy atom. The quantitative estimate of drug-likeness (QED) is 0.843. The van der Waals surface area contributed by atoms with Gasteiger partial charge in [-0.1, -0.05) is 28.1 Å². The van der Waals surface area contributed by atoms with Crippen LogP contribution in [0.3, 0.4) is 0 Å². The number of aliphatic hydroxyl groups is 1. The molecular weight excluding hydrogens is 308 g/mol. The Hall–Kier alpha value is -1.07. The van der Waals surface area contributed by atoms with Crippen LogP contribution in [-0.2, 0) is 6.54 Å². The topological polar surface area (TPSA) is 52.6 Å². The molecule has 2 amide bonds. The maximum Gasteiger partial charge on any atom is 0.317 e. The lowest BCUT2D eigenvalue weighted by molar-refractivity contribution is 0.201. The maximum atomic E-state index is 11.9. The van der Waals surface area contributed by atoms with E-state index < -0.39 is 0 Å².